The molecule has 0 aromatic heterocycles. The lowest BCUT2D eigenvalue weighted by Crippen LogP contribution is -2.38. The summed E-state index contributed by atoms with van der Waals surface area (Å²) in [7, 11) is 0. The lowest BCUT2D eigenvalue weighted by molar-refractivity contribution is -0.125. The van der Waals surface area contributed by atoms with E-state index < -0.39 is 0 Å². The highest BCUT2D eigenvalue weighted by molar-refractivity contribution is 5.78. The minimum atomic E-state index is 0.232. The number of hydrogen-bond acceptors (Lipinski definition) is 2. The molecule has 1 fully saturated rings. The number of amides is 1. The van der Waals surface area contributed by atoms with Crippen LogP contribution >= 0.6 is 0 Å². The SMILES string of the molecule is C/C=C/CCNC(=O)C1CCNCC1. The van der Waals surface area contributed by atoms with E-state index in [1.165, 1.54) is 0 Å². The Hall–Kier alpha value is -0.830. The second kappa shape index (κ2) is 6.60. The normalized spacial score (nSPS) is 18.6. The fourth-order valence-electron chi connectivity index (χ4n) is 1.67. The van der Waals surface area contributed by atoms with Crippen LogP contribution < -0.4 is 10.6 Å². The summed E-state index contributed by atoms with van der Waals surface area (Å²) >= 11 is 0. The maximum absolute atomic E-state index is 11.6. The average Bonchev–Trinajstić information content (AvgIpc) is 2.25. The van der Waals surface area contributed by atoms with E-state index in [1.807, 2.05) is 13.0 Å². The molecule has 0 aromatic carbocycles. The van der Waals surface area contributed by atoms with E-state index in [4.69, 9.17) is 0 Å². The summed E-state index contributed by atoms with van der Waals surface area (Å²) in [6.07, 6.45) is 6.98. The number of hydrogen-bond donors (Lipinski definition) is 2. The van der Waals surface area contributed by atoms with Crippen molar-refractivity contribution in [3.05, 3.63) is 12.2 Å². The maximum atomic E-state index is 11.6. The van der Waals surface area contributed by atoms with Crippen LogP contribution in [0.5, 0.6) is 0 Å². The molecular weight excluding hydrogens is 176 g/mol. The summed E-state index contributed by atoms with van der Waals surface area (Å²) in [6.45, 7) is 4.72. The summed E-state index contributed by atoms with van der Waals surface area (Å²) < 4.78 is 0. The number of piperidine rings is 1. The van der Waals surface area contributed by atoms with Gasteiger partial charge in [0, 0.05) is 12.5 Å². The van der Waals surface area contributed by atoms with Crippen molar-refractivity contribution in [2.75, 3.05) is 19.6 Å². The smallest absolute Gasteiger partial charge is 0.223 e. The average molecular weight is 196 g/mol. The van der Waals surface area contributed by atoms with Gasteiger partial charge in [0.15, 0.2) is 0 Å². The largest absolute Gasteiger partial charge is 0.356 e. The molecule has 1 saturated heterocycles. The van der Waals surface area contributed by atoms with Crippen molar-refractivity contribution < 1.29 is 4.79 Å². The van der Waals surface area contributed by atoms with E-state index in [9.17, 15) is 4.79 Å². The van der Waals surface area contributed by atoms with Gasteiger partial charge < -0.3 is 10.6 Å². The van der Waals surface area contributed by atoms with E-state index >= 15 is 0 Å². The van der Waals surface area contributed by atoms with Crippen molar-refractivity contribution in [2.24, 2.45) is 5.92 Å². The number of allylic oxidation sites excluding steroid dienone is 1. The molecule has 0 atom stereocenters. The summed E-state index contributed by atoms with van der Waals surface area (Å²) in [4.78, 5) is 11.6. The molecule has 0 aliphatic carbocycles. The Kier molecular flexibility index (Phi) is 5.30. The second-order valence-corrected chi connectivity index (χ2v) is 3.67. The molecule has 1 aliphatic heterocycles. The first-order chi connectivity index (χ1) is 6.84. The molecular formula is C11H20N2O. The van der Waals surface area contributed by atoms with Gasteiger partial charge in [-0.3, -0.25) is 4.79 Å². The molecule has 3 nitrogen and oxygen atoms in total. The summed E-state index contributed by atoms with van der Waals surface area (Å²) in [5.41, 5.74) is 0. The van der Waals surface area contributed by atoms with E-state index in [0.717, 1.165) is 38.9 Å². The molecule has 80 valence electrons. The molecule has 0 unspecified atom stereocenters. The van der Waals surface area contributed by atoms with Gasteiger partial charge in [0.1, 0.15) is 0 Å². The third-order valence-corrected chi connectivity index (χ3v) is 2.56. The quantitative estimate of drug-likeness (QED) is 0.521. The van der Waals surface area contributed by atoms with Crippen molar-refractivity contribution >= 4 is 5.91 Å². The minimum Gasteiger partial charge on any atom is -0.356 e. The fraction of sp³-hybridized carbons (Fsp3) is 0.727. The zero-order chi connectivity index (χ0) is 10.2. The second-order valence-electron chi connectivity index (χ2n) is 3.67. The van der Waals surface area contributed by atoms with E-state index in [2.05, 4.69) is 16.7 Å². The molecule has 0 bridgehead atoms. The molecule has 0 aromatic rings. The van der Waals surface area contributed by atoms with Crippen LogP contribution in [-0.4, -0.2) is 25.5 Å². The van der Waals surface area contributed by atoms with Crippen LogP contribution in [0.25, 0.3) is 0 Å². The molecule has 3 heteroatoms. The highest BCUT2D eigenvalue weighted by Crippen LogP contribution is 2.10. The Bertz CT molecular complexity index is 195. The summed E-state index contributed by atoms with van der Waals surface area (Å²) in [6, 6.07) is 0. The van der Waals surface area contributed by atoms with Gasteiger partial charge in [-0.1, -0.05) is 12.2 Å². The van der Waals surface area contributed by atoms with E-state index in [0.29, 0.717) is 0 Å². The standard InChI is InChI=1S/C11H20N2O/c1-2-3-4-7-13-11(14)10-5-8-12-9-6-10/h2-3,10,12H,4-9H2,1H3,(H,13,14)/b3-2+. The van der Waals surface area contributed by atoms with E-state index in [1.54, 1.807) is 0 Å². The first-order valence-corrected chi connectivity index (χ1v) is 5.44. The van der Waals surface area contributed by atoms with Crippen LogP contribution in [0.15, 0.2) is 12.2 Å². The van der Waals surface area contributed by atoms with Crippen molar-refractivity contribution in [2.45, 2.75) is 26.2 Å². The molecule has 1 amide bonds. The lowest BCUT2D eigenvalue weighted by Gasteiger charge is -2.21. The zero-order valence-electron chi connectivity index (χ0n) is 8.88. The van der Waals surface area contributed by atoms with Gasteiger partial charge in [0.25, 0.3) is 0 Å². The number of carbonyl (C=O) groups is 1. The highest BCUT2D eigenvalue weighted by atomic mass is 16.1. The molecule has 1 aliphatic rings. The van der Waals surface area contributed by atoms with Gasteiger partial charge in [0.05, 0.1) is 0 Å². The third-order valence-electron chi connectivity index (χ3n) is 2.56. The highest BCUT2D eigenvalue weighted by Gasteiger charge is 2.19. The van der Waals surface area contributed by atoms with Crippen molar-refractivity contribution in [3.8, 4) is 0 Å². The van der Waals surface area contributed by atoms with Gasteiger partial charge in [-0.25, -0.2) is 0 Å². The van der Waals surface area contributed by atoms with Crippen LogP contribution in [0.2, 0.25) is 0 Å². The molecule has 1 heterocycles. The Morgan fingerprint density at radius 1 is 1.50 bits per heavy atom. The first kappa shape index (κ1) is 11.2. The Balaban J connectivity index is 2.13. The van der Waals surface area contributed by atoms with Crippen LogP contribution in [0.4, 0.5) is 0 Å². The van der Waals surface area contributed by atoms with Crippen LogP contribution in [0.3, 0.4) is 0 Å². The Morgan fingerprint density at radius 3 is 2.86 bits per heavy atom. The van der Waals surface area contributed by atoms with Gasteiger partial charge in [0.2, 0.25) is 5.91 Å². The number of nitrogens with one attached hydrogen (secondary N) is 2. The molecule has 1 rings (SSSR count). The lowest BCUT2D eigenvalue weighted by atomic mass is 9.97. The topological polar surface area (TPSA) is 41.1 Å². The molecule has 0 saturated carbocycles. The van der Waals surface area contributed by atoms with Crippen LogP contribution in [-0.2, 0) is 4.79 Å². The van der Waals surface area contributed by atoms with Crippen molar-refractivity contribution in [3.63, 3.8) is 0 Å². The zero-order valence-corrected chi connectivity index (χ0v) is 8.88. The molecule has 14 heavy (non-hydrogen) atoms. The Morgan fingerprint density at radius 2 is 2.21 bits per heavy atom. The third kappa shape index (κ3) is 3.92. The fourth-order valence-corrected chi connectivity index (χ4v) is 1.67. The summed E-state index contributed by atoms with van der Waals surface area (Å²) in [5, 5.41) is 6.22. The van der Waals surface area contributed by atoms with Gasteiger partial charge >= 0.3 is 0 Å². The molecule has 2 N–H and O–H groups in total. The van der Waals surface area contributed by atoms with Gasteiger partial charge in [-0.15, -0.1) is 0 Å². The van der Waals surface area contributed by atoms with E-state index in [-0.39, 0.29) is 11.8 Å². The van der Waals surface area contributed by atoms with Crippen molar-refractivity contribution in [1.82, 2.24) is 10.6 Å². The minimum absolute atomic E-state index is 0.232. The summed E-state index contributed by atoms with van der Waals surface area (Å²) in [5.74, 6) is 0.470. The van der Waals surface area contributed by atoms with Crippen LogP contribution in [0, 0.1) is 5.92 Å². The first-order valence-electron chi connectivity index (χ1n) is 5.44. The molecule has 0 spiro atoms. The maximum Gasteiger partial charge on any atom is 0.223 e. The number of rotatable bonds is 4. The Labute approximate surface area is 86.0 Å². The van der Waals surface area contributed by atoms with Crippen molar-refractivity contribution in [1.29, 1.82) is 0 Å². The monoisotopic (exact) mass is 196 g/mol. The molecule has 0 radical (unpaired) electrons. The number of carbonyl (C=O) groups excluding carboxylic acids is 1. The van der Waals surface area contributed by atoms with Crippen LogP contribution in [0.1, 0.15) is 26.2 Å². The predicted octanol–water partition coefficient (Wildman–Crippen LogP) is 1.07. The van der Waals surface area contributed by atoms with Gasteiger partial charge in [-0.05, 0) is 39.3 Å². The van der Waals surface area contributed by atoms with Gasteiger partial charge in [-0.2, -0.15) is 0 Å². The predicted molar refractivity (Wildman–Crippen MR) is 58.0 cm³/mol.